The summed E-state index contributed by atoms with van der Waals surface area (Å²) in [5, 5.41) is 21.1. The number of hydrogen-bond donors (Lipinski definition) is 2. The molecule has 1 aliphatic heterocycles. The molecule has 0 unspecified atom stereocenters. The van der Waals surface area contributed by atoms with Crippen molar-refractivity contribution >= 4 is 12.0 Å². The van der Waals surface area contributed by atoms with Crippen molar-refractivity contribution in [2.45, 2.75) is 0 Å². The number of ether oxygens (including phenoxy) is 1. The second kappa shape index (κ2) is 8.17. The minimum atomic E-state index is -0.385. The van der Waals surface area contributed by atoms with Gasteiger partial charge in [-0.2, -0.15) is 5.26 Å². The van der Waals surface area contributed by atoms with E-state index in [1.165, 1.54) is 18.2 Å². The van der Waals surface area contributed by atoms with Gasteiger partial charge in [0.25, 0.3) is 5.91 Å². The van der Waals surface area contributed by atoms with Gasteiger partial charge in [-0.25, -0.2) is 0 Å². The summed E-state index contributed by atoms with van der Waals surface area (Å²) in [6.07, 6.45) is 1.50. The van der Waals surface area contributed by atoms with E-state index < -0.39 is 0 Å². The van der Waals surface area contributed by atoms with E-state index in [1.807, 2.05) is 6.07 Å². The van der Waals surface area contributed by atoms with Crippen molar-refractivity contribution in [3.8, 4) is 11.8 Å². The third-order valence-electron chi connectivity index (χ3n) is 3.39. The summed E-state index contributed by atoms with van der Waals surface area (Å²) in [5.74, 6) is -0.241. The Bertz CT molecular complexity index is 569. The highest BCUT2D eigenvalue weighted by atomic mass is 16.5. The quantitative estimate of drug-likeness (QED) is 0.619. The molecule has 0 saturated carbocycles. The van der Waals surface area contributed by atoms with Crippen molar-refractivity contribution in [1.82, 2.24) is 10.2 Å². The Labute approximate surface area is 129 Å². The van der Waals surface area contributed by atoms with Gasteiger partial charge in [0.15, 0.2) is 0 Å². The minimum absolute atomic E-state index is 0.0488. The first kappa shape index (κ1) is 16.0. The van der Waals surface area contributed by atoms with Crippen LogP contribution in [0.5, 0.6) is 5.75 Å². The highest BCUT2D eigenvalue weighted by molar-refractivity contribution is 6.01. The first-order chi connectivity index (χ1) is 10.7. The first-order valence-corrected chi connectivity index (χ1v) is 7.18. The largest absolute Gasteiger partial charge is 0.508 e. The fourth-order valence-electron chi connectivity index (χ4n) is 2.13. The lowest BCUT2D eigenvalue weighted by Gasteiger charge is -2.26. The van der Waals surface area contributed by atoms with Gasteiger partial charge >= 0.3 is 0 Å². The fraction of sp³-hybridized carbons (Fsp3) is 0.375. The number of phenolic OH excluding ortho intramolecular Hbond substituents is 1. The second-order valence-electron chi connectivity index (χ2n) is 4.97. The van der Waals surface area contributed by atoms with Crippen LogP contribution in [-0.4, -0.2) is 55.3 Å². The van der Waals surface area contributed by atoms with Crippen LogP contribution in [0.15, 0.2) is 29.8 Å². The number of nitrogens with one attached hydrogen (secondary N) is 1. The summed E-state index contributed by atoms with van der Waals surface area (Å²) >= 11 is 0. The molecule has 1 amide bonds. The molecule has 0 aromatic heterocycles. The third kappa shape index (κ3) is 4.88. The SMILES string of the molecule is N#C/C(=C\c1ccc(O)cc1)C(=O)NCCN1CCOCC1. The van der Waals surface area contributed by atoms with Gasteiger partial charge in [-0.15, -0.1) is 0 Å². The van der Waals surface area contributed by atoms with Crippen LogP contribution >= 0.6 is 0 Å². The Kier molecular flexibility index (Phi) is 5.95. The highest BCUT2D eigenvalue weighted by Gasteiger charge is 2.12. The lowest BCUT2D eigenvalue weighted by atomic mass is 10.1. The maximum absolute atomic E-state index is 12.0. The fourth-order valence-corrected chi connectivity index (χ4v) is 2.13. The molecule has 0 bridgehead atoms. The zero-order chi connectivity index (χ0) is 15.8. The molecule has 1 fully saturated rings. The Morgan fingerprint density at radius 3 is 2.68 bits per heavy atom. The van der Waals surface area contributed by atoms with E-state index >= 15 is 0 Å². The van der Waals surface area contributed by atoms with Crippen molar-refractivity contribution in [2.75, 3.05) is 39.4 Å². The van der Waals surface area contributed by atoms with Crippen LogP contribution in [-0.2, 0) is 9.53 Å². The average molecular weight is 301 g/mol. The molecule has 2 rings (SSSR count). The molecular formula is C16H19N3O3. The van der Waals surface area contributed by atoms with Gasteiger partial charge in [-0.1, -0.05) is 12.1 Å². The van der Waals surface area contributed by atoms with Crippen LogP contribution in [0, 0.1) is 11.3 Å². The van der Waals surface area contributed by atoms with Gasteiger partial charge in [-0.05, 0) is 23.8 Å². The Morgan fingerprint density at radius 2 is 2.05 bits per heavy atom. The molecule has 1 saturated heterocycles. The van der Waals surface area contributed by atoms with E-state index in [0.717, 1.165) is 32.8 Å². The number of carbonyl (C=O) groups is 1. The van der Waals surface area contributed by atoms with Crippen LogP contribution in [0.4, 0.5) is 0 Å². The van der Waals surface area contributed by atoms with Crippen molar-refractivity contribution in [2.24, 2.45) is 0 Å². The number of benzene rings is 1. The predicted molar refractivity (Wildman–Crippen MR) is 82.0 cm³/mol. The van der Waals surface area contributed by atoms with E-state index in [9.17, 15) is 9.90 Å². The van der Waals surface area contributed by atoms with Crippen LogP contribution in [0.25, 0.3) is 6.08 Å². The number of morpholine rings is 1. The number of aromatic hydroxyl groups is 1. The molecule has 22 heavy (non-hydrogen) atoms. The normalized spacial score (nSPS) is 16.0. The third-order valence-corrected chi connectivity index (χ3v) is 3.39. The van der Waals surface area contributed by atoms with Gasteiger partial charge in [0.1, 0.15) is 17.4 Å². The lowest BCUT2D eigenvalue weighted by Crippen LogP contribution is -2.41. The first-order valence-electron chi connectivity index (χ1n) is 7.18. The maximum atomic E-state index is 12.0. The van der Waals surface area contributed by atoms with E-state index in [0.29, 0.717) is 12.1 Å². The molecule has 1 aromatic rings. The number of phenols is 1. The van der Waals surface area contributed by atoms with Crippen molar-refractivity contribution in [3.63, 3.8) is 0 Å². The van der Waals surface area contributed by atoms with Gasteiger partial charge < -0.3 is 15.2 Å². The Morgan fingerprint density at radius 1 is 1.36 bits per heavy atom. The Balaban J connectivity index is 1.86. The van der Waals surface area contributed by atoms with Crippen molar-refractivity contribution in [1.29, 1.82) is 5.26 Å². The summed E-state index contributed by atoms with van der Waals surface area (Å²) in [7, 11) is 0. The number of nitriles is 1. The van der Waals surface area contributed by atoms with Crippen LogP contribution in [0.1, 0.15) is 5.56 Å². The van der Waals surface area contributed by atoms with Gasteiger partial charge in [-0.3, -0.25) is 9.69 Å². The lowest BCUT2D eigenvalue weighted by molar-refractivity contribution is -0.117. The van der Waals surface area contributed by atoms with Crippen LogP contribution in [0.2, 0.25) is 0 Å². The zero-order valence-electron chi connectivity index (χ0n) is 12.3. The molecule has 0 aliphatic carbocycles. The molecule has 1 heterocycles. The number of rotatable bonds is 5. The average Bonchev–Trinajstić information content (AvgIpc) is 2.55. The number of amides is 1. The molecule has 0 spiro atoms. The molecule has 6 nitrogen and oxygen atoms in total. The summed E-state index contributed by atoms with van der Waals surface area (Å²) in [6.45, 7) is 4.41. The van der Waals surface area contributed by atoms with E-state index in [1.54, 1.807) is 12.1 Å². The molecule has 1 aromatic carbocycles. The molecule has 0 atom stereocenters. The number of nitrogens with zero attached hydrogens (tertiary/aromatic N) is 2. The Hall–Kier alpha value is -2.36. The maximum Gasteiger partial charge on any atom is 0.261 e. The van der Waals surface area contributed by atoms with E-state index in [2.05, 4.69) is 10.2 Å². The summed E-state index contributed by atoms with van der Waals surface area (Å²) in [4.78, 5) is 14.2. The van der Waals surface area contributed by atoms with Crippen molar-refractivity contribution in [3.05, 3.63) is 35.4 Å². The molecule has 2 N–H and O–H groups in total. The molecule has 6 heteroatoms. The second-order valence-corrected chi connectivity index (χ2v) is 4.97. The topological polar surface area (TPSA) is 85.6 Å². The monoisotopic (exact) mass is 301 g/mol. The van der Waals surface area contributed by atoms with Crippen LogP contribution in [0.3, 0.4) is 0 Å². The standard InChI is InChI=1S/C16H19N3O3/c17-12-14(11-13-1-3-15(20)4-2-13)16(21)18-5-6-19-7-9-22-10-8-19/h1-4,11,20H,5-10H2,(H,18,21)/b14-11+. The highest BCUT2D eigenvalue weighted by Crippen LogP contribution is 2.12. The number of carbonyl (C=O) groups excluding carboxylic acids is 1. The molecular weight excluding hydrogens is 282 g/mol. The molecule has 0 radical (unpaired) electrons. The summed E-state index contributed by atoms with van der Waals surface area (Å²) in [5.41, 5.74) is 0.741. The van der Waals surface area contributed by atoms with Gasteiger partial charge in [0.2, 0.25) is 0 Å². The zero-order valence-corrected chi connectivity index (χ0v) is 12.3. The number of hydrogen-bond acceptors (Lipinski definition) is 5. The van der Waals surface area contributed by atoms with E-state index in [4.69, 9.17) is 10.00 Å². The van der Waals surface area contributed by atoms with Crippen molar-refractivity contribution < 1.29 is 14.6 Å². The smallest absolute Gasteiger partial charge is 0.261 e. The molecule has 1 aliphatic rings. The summed E-state index contributed by atoms with van der Waals surface area (Å²) < 4.78 is 5.26. The molecule has 116 valence electrons. The summed E-state index contributed by atoms with van der Waals surface area (Å²) in [6, 6.07) is 8.22. The minimum Gasteiger partial charge on any atom is -0.508 e. The van der Waals surface area contributed by atoms with E-state index in [-0.39, 0.29) is 17.2 Å². The van der Waals surface area contributed by atoms with Crippen LogP contribution < -0.4 is 5.32 Å². The van der Waals surface area contributed by atoms with Gasteiger partial charge in [0.05, 0.1) is 13.2 Å². The van der Waals surface area contributed by atoms with Gasteiger partial charge in [0, 0.05) is 26.2 Å². The predicted octanol–water partition coefficient (Wildman–Crippen LogP) is 0.748.